The van der Waals surface area contributed by atoms with Crippen molar-refractivity contribution in [3.05, 3.63) is 34.9 Å². The minimum Gasteiger partial charge on any atom is -0.496 e. The smallest absolute Gasteiger partial charge is 0.328 e. The predicted molar refractivity (Wildman–Crippen MR) is 100 cm³/mol. The van der Waals surface area contributed by atoms with Crippen molar-refractivity contribution in [2.45, 2.75) is 18.9 Å². The van der Waals surface area contributed by atoms with E-state index in [1.54, 1.807) is 12.1 Å². The van der Waals surface area contributed by atoms with E-state index in [4.69, 9.17) is 32.3 Å². The van der Waals surface area contributed by atoms with Gasteiger partial charge in [-0.15, -0.1) is 0 Å². The zero-order chi connectivity index (χ0) is 20.4. The van der Waals surface area contributed by atoms with Crippen molar-refractivity contribution in [3.8, 4) is 5.75 Å². The lowest BCUT2D eigenvalue weighted by Gasteiger charge is -2.24. The Kier molecular flexibility index (Phi) is 9.11. The molecule has 0 unspecified atom stereocenters. The number of benzene rings is 1. The highest BCUT2D eigenvalue weighted by atomic mass is 35.5. The fourth-order valence-electron chi connectivity index (χ4n) is 2.29. The summed E-state index contributed by atoms with van der Waals surface area (Å²) in [5, 5.41) is 22.2. The Labute approximate surface area is 161 Å². The molecule has 0 aliphatic carbocycles. The molecule has 1 heterocycles. The molecule has 1 aromatic carbocycles. The van der Waals surface area contributed by atoms with E-state index in [2.05, 4.69) is 10.6 Å². The maximum absolute atomic E-state index is 12.2. The lowest BCUT2D eigenvalue weighted by molar-refractivity contribution is -0.134. The molecule has 2 rings (SSSR count). The Hall–Kier alpha value is -2.78. The van der Waals surface area contributed by atoms with Gasteiger partial charge in [-0.2, -0.15) is 0 Å². The van der Waals surface area contributed by atoms with Crippen LogP contribution >= 0.6 is 11.6 Å². The second-order valence-electron chi connectivity index (χ2n) is 5.58. The molecule has 1 fully saturated rings. The number of methoxy groups -OCH3 is 1. The van der Waals surface area contributed by atoms with Gasteiger partial charge in [0.1, 0.15) is 5.75 Å². The van der Waals surface area contributed by atoms with Crippen LogP contribution in [0.15, 0.2) is 24.3 Å². The number of carbonyl (C=O) groups excluding carboxylic acids is 1. The Morgan fingerprint density at radius 1 is 1.22 bits per heavy atom. The zero-order valence-electron chi connectivity index (χ0n) is 14.7. The third-order valence-electron chi connectivity index (χ3n) is 3.61. The van der Waals surface area contributed by atoms with E-state index >= 15 is 0 Å². The molecule has 148 valence electrons. The van der Waals surface area contributed by atoms with E-state index in [9.17, 15) is 14.4 Å². The third kappa shape index (κ3) is 7.97. The molecule has 0 saturated carbocycles. The quantitative estimate of drug-likeness (QED) is 0.365. The van der Waals surface area contributed by atoms with Crippen molar-refractivity contribution in [1.82, 2.24) is 10.6 Å². The molecule has 0 spiro atoms. The summed E-state index contributed by atoms with van der Waals surface area (Å²) in [7, 11) is 1.50. The summed E-state index contributed by atoms with van der Waals surface area (Å²) in [6.45, 7) is 1.84. The molecule has 1 saturated heterocycles. The van der Waals surface area contributed by atoms with E-state index < -0.39 is 11.9 Å². The van der Waals surface area contributed by atoms with Crippen LogP contribution in [0.4, 0.5) is 5.69 Å². The number of nitrogens with two attached hydrogens (primary N) is 1. The Morgan fingerprint density at radius 3 is 2.26 bits per heavy atom. The first-order valence-corrected chi connectivity index (χ1v) is 8.41. The minimum atomic E-state index is -1.26. The standard InChI is InChI=1S/C13H18ClN3O2.C4H4O4/c1-19-12-7-11(15)10(14)6-9(12)13(18)17-8-2-4-16-5-3-8;5-3(6)1-2-4(7)8/h6-8,16H,2-5,15H2,1H3,(H,17,18);1-2H,(H,5,6)(H,7,8)/b;2-1+. The summed E-state index contributed by atoms with van der Waals surface area (Å²) in [6, 6.07) is 3.31. The van der Waals surface area contributed by atoms with Crippen molar-refractivity contribution < 1.29 is 29.3 Å². The van der Waals surface area contributed by atoms with Crippen LogP contribution in [0, 0.1) is 0 Å². The van der Waals surface area contributed by atoms with E-state index in [0.717, 1.165) is 25.9 Å². The Bertz CT molecular complexity index is 701. The Balaban J connectivity index is 0.000000387. The van der Waals surface area contributed by atoms with E-state index in [0.29, 0.717) is 34.2 Å². The third-order valence-corrected chi connectivity index (χ3v) is 3.93. The van der Waals surface area contributed by atoms with Crippen LogP contribution < -0.4 is 21.1 Å². The van der Waals surface area contributed by atoms with Gasteiger partial charge in [-0.1, -0.05) is 11.6 Å². The molecular formula is C17H22ClN3O6. The fourth-order valence-corrected chi connectivity index (χ4v) is 2.45. The topological polar surface area (TPSA) is 151 Å². The van der Waals surface area contributed by atoms with E-state index in [1.165, 1.54) is 7.11 Å². The second-order valence-corrected chi connectivity index (χ2v) is 5.99. The molecule has 0 atom stereocenters. The largest absolute Gasteiger partial charge is 0.496 e. The highest BCUT2D eigenvalue weighted by Crippen LogP contribution is 2.28. The first-order valence-electron chi connectivity index (χ1n) is 8.03. The molecule has 10 heteroatoms. The number of nitrogen functional groups attached to an aromatic ring is 1. The van der Waals surface area contributed by atoms with Crippen molar-refractivity contribution in [2.75, 3.05) is 25.9 Å². The number of aliphatic carboxylic acids is 2. The highest BCUT2D eigenvalue weighted by molar-refractivity contribution is 6.33. The number of carboxylic acids is 2. The van der Waals surface area contributed by atoms with Crippen molar-refractivity contribution in [1.29, 1.82) is 0 Å². The number of halogens is 1. The van der Waals surface area contributed by atoms with Gasteiger partial charge in [0, 0.05) is 24.3 Å². The van der Waals surface area contributed by atoms with Crippen LogP contribution in [0.1, 0.15) is 23.2 Å². The molecule has 1 aliphatic heterocycles. The molecule has 9 nitrogen and oxygen atoms in total. The average molecular weight is 400 g/mol. The SMILES string of the molecule is COc1cc(N)c(Cl)cc1C(=O)NC1CCNCC1.O=C(O)/C=C/C(=O)O. The number of hydrogen-bond donors (Lipinski definition) is 5. The number of carboxylic acid groups (broad SMARTS) is 2. The molecule has 0 radical (unpaired) electrons. The molecule has 6 N–H and O–H groups in total. The summed E-state index contributed by atoms with van der Waals surface area (Å²) in [5.74, 6) is -2.25. The first-order chi connectivity index (χ1) is 12.7. The maximum atomic E-state index is 12.2. The number of ether oxygens (including phenoxy) is 1. The summed E-state index contributed by atoms with van der Waals surface area (Å²) >= 11 is 5.96. The average Bonchev–Trinajstić information content (AvgIpc) is 2.63. The van der Waals surface area contributed by atoms with Gasteiger partial charge >= 0.3 is 11.9 Å². The second kappa shape index (κ2) is 11.0. The van der Waals surface area contributed by atoms with Crippen LogP contribution in [0.3, 0.4) is 0 Å². The van der Waals surface area contributed by atoms with Crippen molar-refractivity contribution in [2.24, 2.45) is 0 Å². The number of rotatable bonds is 5. The maximum Gasteiger partial charge on any atom is 0.328 e. The number of hydrogen-bond acceptors (Lipinski definition) is 6. The highest BCUT2D eigenvalue weighted by Gasteiger charge is 2.20. The number of nitrogens with one attached hydrogen (secondary N) is 2. The molecule has 1 amide bonds. The Morgan fingerprint density at radius 2 is 1.78 bits per heavy atom. The number of anilines is 1. The first kappa shape index (κ1) is 22.3. The summed E-state index contributed by atoms with van der Waals surface area (Å²) in [4.78, 5) is 31.4. The van der Waals surface area contributed by atoms with Crippen molar-refractivity contribution in [3.63, 3.8) is 0 Å². The van der Waals surface area contributed by atoms with Gasteiger partial charge in [0.2, 0.25) is 0 Å². The summed E-state index contributed by atoms with van der Waals surface area (Å²) in [6.07, 6.45) is 2.97. The molecule has 27 heavy (non-hydrogen) atoms. The van der Waals surface area contributed by atoms with Crippen LogP contribution in [0.25, 0.3) is 0 Å². The molecule has 0 bridgehead atoms. The molecule has 1 aromatic rings. The van der Waals surface area contributed by atoms with E-state index in [1.807, 2.05) is 0 Å². The van der Waals surface area contributed by atoms with Gasteiger partial charge in [0.15, 0.2) is 0 Å². The van der Waals surface area contributed by atoms with Gasteiger partial charge in [-0.05, 0) is 32.0 Å². The van der Waals surface area contributed by atoms with Gasteiger partial charge < -0.3 is 31.3 Å². The minimum absolute atomic E-state index is 0.175. The summed E-state index contributed by atoms with van der Waals surface area (Å²) in [5.41, 5.74) is 6.51. The monoisotopic (exact) mass is 399 g/mol. The van der Waals surface area contributed by atoms with Crippen LogP contribution in [-0.4, -0.2) is 54.3 Å². The zero-order valence-corrected chi connectivity index (χ0v) is 15.5. The molecule has 1 aliphatic rings. The lowest BCUT2D eigenvalue weighted by atomic mass is 10.1. The van der Waals surface area contributed by atoms with Crippen LogP contribution in [0.5, 0.6) is 5.75 Å². The van der Waals surface area contributed by atoms with Gasteiger partial charge in [0.25, 0.3) is 5.91 Å². The van der Waals surface area contributed by atoms with Gasteiger partial charge in [0.05, 0.1) is 23.4 Å². The van der Waals surface area contributed by atoms with Gasteiger partial charge in [-0.25, -0.2) is 9.59 Å². The summed E-state index contributed by atoms with van der Waals surface area (Å²) < 4.78 is 5.18. The van der Waals surface area contributed by atoms with E-state index in [-0.39, 0.29) is 11.9 Å². The van der Waals surface area contributed by atoms with Gasteiger partial charge in [-0.3, -0.25) is 4.79 Å². The van der Waals surface area contributed by atoms with Crippen molar-refractivity contribution >= 4 is 35.1 Å². The lowest BCUT2D eigenvalue weighted by Crippen LogP contribution is -2.42. The normalized spacial score (nSPS) is 14.1. The fraction of sp³-hybridized carbons (Fsp3) is 0.353. The molecular weight excluding hydrogens is 378 g/mol. The number of carbonyl (C=O) groups is 3. The molecule has 0 aromatic heterocycles. The predicted octanol–water partition coefficient (Wildman–Crippen LogP) is 1.12. The number of amides is 1. The van der Waals surface area contributed by atoms with Crippen LogP contribution in [-0.2, 0) is 9.59 Å². The number of piperidine rings is 1. The van der Waals surface area contributed by atoms with Crippen LogP contribution in [0.2, 0.25) is 5.02 Å².